The molecule has 33 heavy (non-hydrogen) atoms. The maximum Gasteiger partial charge on any atom is 0.269 e. The number of morpholine rings is 1. The van der Waals surface area contributed by atoms with Gasteiger partial charge >= 0.3 is 0 Å². The first-order valence-electron chi connectivity index (χ1n) is 10.7. The normalized spacial score (nSPS) is 16.9. The number of amides is 1. The van der Waals surface area contributed by atoms with E-state index in [1.54, 1.807) is 42.5 Å². The van der Waals surface area contributed by atoms with Crippen LogP contribution in [0.4, 0.5) is 17.1 Å². The van der Waals surface area contributed by atoms with Crippen LogP contribution in [0.2, 0.25) is 0 Å². The van der Waals surface area contributed by atoms with E-state index in [1.165, 1.54) is 6.07 Å². The molecular formula is C25H23N3O4S. The zero-order valence-corrected chi connectivity index (χ0v) is 18.6. The Morgan fingerprint density at radius 2 is 1.52 bits per heavy atom. The summed E-state index contributed by atoms with van der Waals surface area (Å²) in [6, 6.07) is 23.2. The SMILES string of the molecule is O=C(Nc1ccccc1)C1=C(Nc2ccccc2N2CCOCC2)c2ccccc2S1(=O)=O. The molecule has 3 aromatic carbocycles. The smallest absolute Gasteiger partial charge is 0.269 e. The summed E-state index contributed by atoms with van der Waals surface area (Å²) in [6.45, 7) is 2.71. The van der Waals surface area contributed by atoms with Crippen molar-refractivity contribution in [3.05, 3.63) is 89.3 Å². The molecule has 2 aliphatic rings. The Balaban J connectivity index is 1.59. The molecule has 0 aliphatic carbocycles. The highest BCUT2D eigenvalue weighted by Gasteiger charge is 2.40. The van der Waals surface area contributed by atoms with E-state index in [0.717, 1.165) is 24.5 Å². The maximum atomic E-state index is 13.4. The lowest BCUT2D eigenvalue weighted by molar-refractivity contribution is -0.112. The molecule has 0 spiro atoms. The number of anilines is 3. The van der Waals surface area contributed by atoms with Crippen molar-refractivity contribution in [3.63, 3.8) is 0 Å². The fraction of sp³-hybridized carbons (Fsp3) is 0.160. The van der Waals surface area contributed by atoms with Gasteiger partial charge in [0.1, 0.15) is 0 Å². The summed E-state index contributed by atoms with van der Waals surface area (Å²) in [6.07, 6.45) is 0. The predicted molar refractivity (Wildman–Crippen MR) is 129 cm³/mol. The second-order valence-corrected chi connectivity index (χ2v) is 9.62. The zero-order valence-electron chi connectivity index (χ0n) is 17.8. The van der Waals surface area contributed by atoms with Gasteiger partial charge < -0.3 is 20.3 Å². The number of carbonyl (C=O) groups is 1. The number of hydrogen-bond donors (Lipinski definition) is 2. The van der Waals surface area contributed by atoms with Crippen LogP contribution in [0.25, 0.3) is 5.70 Å². The third kappa shape index (κ3) is 3.99. The molecule has 0 saturated carbocycles. The molecule has 2 heterocycles. The molecule has 0 unspecified atom stereocenters. The van der Waals surface area contributed by atoms with Gasteiger partial charge in [-0.2, -0.15) is 0 Å². The van der Waals surface area contributed by atoms with Crippen LogP contribution >= 0.6 is 0 Å². The Kier molecular flexibility index (Phi) is 5.62. The maximum absolute atomic E-state index is 13.4. The lowest BCUT2D eigenvalue weighted by Gasteiger charge is -2.30. The number of fused-ring (bicyclic) bond motifs is 1. The van der Waals surface area contributed by atoms with Crippen molar-refractivity contribution >= 4 is 38.5 Å². The average Bonchev–Trinajstić information content (AvgIpc) is 3.07. The molecular weight excluding hydrogens is 438 g/mol. The summed E-state index contributed by atoms with van der Waals surface area (Å²) in [7, 11) is -4.00. The molecule has 3 aromatic rings. The van der Waals surface area contributed by atoms with E-state index < -0.39 is 15.7 Å². The molecule has 2 aliphatic heterocycles. The standard InChI is InChI=1S/C25H23N3O4S/c29-25(26-18-8-2-1-3-9-18)24-23(19-10-4-7-13-22(19)33(24,30)31)27-20-11-5-6-12-21(20)28-14-16-32-17-15-28/h1-13,27H,14-17H2,(H,26,29). The molecule has 1 saturated heterocycles. The summed E-state index contributed by atoms with van der Waals surface area (Å²) in [5.74, 6) is -0.677. The Morgan fingerprint density at radius 1 is 0.848 bits per heavy atom. The Bertz CT molecular complexity index is 1330. The third-order valence-corrected chi connectivity index (χ3v) is 7.56. The highest BCUT2D eigenvalue weighted by atomic mass is 32.2. The molecule has 2 N–H and O–H groups in total. The van der Waals surface area contributed by atoms with Gasteiger partial charge in [-0.05, 0) is 30.3 Å². The third-order valence-electron chi connectivity index (χ3n) is 5.70. The number of sulfone groups is 1. The van der Waals surface area contributed by atoms with Gasteiger partial charge in [-0.1, -0.05) is 48.5 Å². The van der Waals surface area contributed by atoms with Crippen LogP contribution in [0.1, 0.15) is 5.56 Å². The molecule has 0 aromatic heterocycles. The first-order valence-corrected chi connectivity index (χ1v) is 12.2. The fourth-order valence-corrected chi connectivity index (χ4v) is 5.80. The molecule has 8 heteroatoms. The van der Waals surface area contributed by atoms with E-state index in [4.69, 9.17) is 4.74 Å². The number of ether oxygens (including phenoxy) is 1. The molecule has 0 radical (unpaired) electrons. The minimum Gasteiger partial charge on any atom is -0.378 e. The monoisotopic (exact) mass is 461 g/mol. The van der Waals surface area contributed by atoms with Crippen LogP contribution < -0.4 is 15.5 Å². The van der Waals surface area contributed by atoms with Gasteiger partial charge in [0.05, 0.1) is 35.2 Å². The van der Waals surface area contributed by atoms with Gasteiger partial charge in [0.25, 0.3) is 5.91 Å². The number of carbonyl (C=O) groups excluding carboxylic acids is 1. The first kappa shape index (κ1) is 21.2. The molecule has 168 valence electrons. The van der Waals surface area contributed by atoms with Gasteiger partial charge in [0.2, 0.25) is 9.84 Å². The van der Waals surface area contributed by atoms with Crippen molar-refractivity contribution in [1.82, 2.24) is 0 Å². The lowest BCUT2D eigenvalue weighted by Crippen LogP contribution is -2.36. The number of nitrogens with one attached hydrogen (secondary N) is 2. The highest BCUT2D eigenvalue weighted by molar-refractivity contribution is 7.97. The van der Waals surface area contributed by atoms with E-state index in [0.29, 0.717) is 24.5 Å². The second-order valence-electron chi connectivity index (χ2n) is 7.77. The Labute approximate surface area is 192 Å². The number of para-hydroxylation sites is 3. The minimum absolute atomic E-state index is 0.120. The number of rotatable bonds is 5. The molecule has 0 bridgehead atoms. The van der Waals surface area contributed by atoms with Crippen molar-refractivity contribution in [2.45, 2.75) is 4.90 Å². The van der Waals surface area contributed by atoms with E-state index >= 15 is 0 Å². The van der Waals surface area contributed by atoms with Gasteiger partial charge in [-0.3, -0.25) is 4.79 Å². The van der Waals surface area contributed by atoms with Crippen molar-refractivity contribution in [3.8, 4) is 0 Å². The Hall–Kier alpha value is -3.62. The molecule has 7 nitrogen and oxygen atoms in total. The van der Waals surface area contributed by atoms with Crippen LogP contribution in [0, 0.1) is 0 Å². The van der Waals surface area contributed by atoms with Gasteiger partial charge in [0.15, 0.2) is 4.91 Å². The van der Waals surface area contributed by atoms with Crippen molar-refractivity contribution in [2.24, 2.45) is 0 Å². The molecule has 1 amide bonds. The van der Waals surface area contributed by atoms with E-state index in [-0.39, 0.29) is 15.5 Å². The van der Waals surface area contributed by atoms with Crippen LogP contribution in [-0.2, 0) is 19.4 Å². The average molecular weight is 462 g/mol. The largest absolute Gasteiger partial charge is 0.378 e. The molecule has 5 rings (SSSR count). The summed E-state index contributed by atoms with van der Waals surface area (Å²) in [4.78, 5) is 15.3. The van der Waals surface area contributed by atoms with Crippen molar-refractivity contribution in [1.29, 1.82) is 0 Å². The number of benzene rings is 3. The number of nitrogens with zero attached hydrogens (tertiary/aromatic N) is 1. The first-order chi connectivity index (χ1) is 16.1. The van der Waals surface area contributed by atoms with Crippen LogP contribution in [-0.4, -0.2) is 40.6 Å². The second kappa shape index (κ2) is 8.73. The molecule has 1 fully saturated rings. The van der Waals surface area contributed by atoms with Crippen LogP contribution in [0.15, 0.2) is 88.7 Å². The Morgan fingerprint density at radius 3 is 2.30 bits per heavy atom. The highest BCUT2D eigenvalue weighted by Crippen LogP contribution is 2.41. The predicted octanol–water partition coefficient (Wildman–Crippen LogP) is 3.73. The number of hydrogen-bond acceptors (Lipinski definition) is 6. The van der Waals surface area contributed by atoms with Crippen LogP contribution in [0.5, 0.6) is 0 Å². The molecule has 0 atom stereocenters. The summed E-state index contributed by atoms with van der Waals surface area (Å²) in [5, 5.41) is 6.02. The van der Waals surface area contributed by atoms with Crippen molar-refractivity contribution < 1.29 is 17.9 Å². The quantitative estimate of drug-likeness (QED) is 0.602. The van der Waals surface area contributed by atoms with Gasteiger partial charge in [0, 0.05) is 24.3 Å². The van der Waals surface area contributed by atoms with E-state index in [2.05, 4.69) is 15.5 Å². The zero-order chi connectivity index (χ0) is 22.8. The van der Waals surface area contributed by atoms with Gasteiger partial charge in [-0.25, -0.2) is 8.42 Å². The van der Waals surface area contributed by atoms with Crippen molar-refractivity contribution in [2.75, 3.05) is 41.8 Å². The topological polar surface area (TPSA) is 87.7 Å². The van der Waals surface area contributed by atoms with Crippen LogP contribution in [0.3, 0.4) is 0 Å². The summed E-state index contributed by atoms with van der Waals surface area (Å²) in [5.41, 5.74) is 2.94. The fourth-order valence-electron chi connectivity index (χ4n) is 4.14. The van der Waals surface area contributed by atoms with E-state index in [1.807, 2.05) is 30.3 Å². The lowest BCUT2D eigenvalue weighted by atomic mass is 10.1. The van der Waals surface area contributed by atoms with E-state index in [9.17, 15) is 13.2 Å². The summed E-state index contributed by atoms with van der Waals surface area (Å²) >= 11 is 0. The minimum atomic E-state index is -4.00. The van der Waals surface area contributed by atoms with Gasteiger partial charge in [-0.15, -0.1) is 0 Å². The summed E-state index contributed by atoms with van der Waals surface area (Å²) < 4.78 is 32.3.